The predicted octanol–water partition coefficient (Wildman–Crippen LogP) is 1.94. The highest BCUT2D eigenvalue weighted by Crippen LogP contribution is 2.38. The van der Waals surface area contributed by atoms with Crippen LogP contribution in [0.15, 0.2) is 36.4 Å². The number of hydrogen-bond acceptors (Lipinski definition) is 7. The van der Waals surface area contributed by atoms with Crippen molar-refractivity contribution >= 4 is 17.7 Å². The number of nitrogens with one attached hydrogen (secondary N) is 3. The molecule has 0 bridgehead atoms. The summed E-state index contributed by atoms with van der Waals surface area (Å²) in [7, 11) is 5.84. The Bertz CT molecular complexity index is 965. The van der Waals surface area contributed by atoms with Gasteiger partial charge in [-0.25, -0.2) is 0 Å². The van der Waals surface area contributed by atoms with E-state index >= 15 is 0 Å². The van der Waals surface area contributed by atoms with Crippen molar-refractivity contribution in [3.8, 4) is 23.0 Å². The average molecular weight is 459 g/mol. The van der Waals surface area contributed by atoms with E-state index < -0.39 is 23.8 Å². The molecule has 10 nitrogen and oxygen atoms in total. The zero-order valence-corrected chi connectivity index (χ0v) is 19.5. The monoisotopic (exact) mass is 459 g/mol. The highest BCUT2D eigenvalue weighted by atomic mass is 16.5. The smallest absolute Gasteiger partial charge is 0.269 e. The molecular formula is C23H29N3O7. The average Bonchev–Trinajstić information content (AvgIpc) is 2.84. The quantitative estimate of drug-likeness (QED) is 0.490. The minimum absolute atomic E-state index is 0.174. The molecule has 1 unspecified atom stereocenters. The molecule has 0 saturated heterocycles. The van der Waals surface area contributed by atoms with E-state index in [1.807, 2.05) is 0 Å². The van der Waals surface area contributed by atoms with Crippen molar-refractivity contribution in [1.82, 2.24) is 16.2 Å². The molecule has 0 spiro atoms. The van der Waals surface area contributed by atoms with Gasteiger partial charge in [-0.2, -0.15) is 0 Å². The maximum absolute atomic E-state index is 12.7. The topological polar surface area (TPSA) is 124 Å². The van der Waals surface area contributed by atoms with E-state index in [-0.39, 0.29) is 11.5 Å². The number of carbonyl (C=O) groups is 3. The van der Waals surface area contributed by atoms with E-state index in [1.54, 1.807) is 38.1 Å². The van der Waals surface area contributed by atoms with Crippen molar-refractivity contribution in [2.75, 3.05) is 28.4 Å². The summed E-state index contributed by atoms with van der Waals surface area (Å²) in [4.78, 5) is 37.9. The van der Waals surface area contributed by atoms with Crippen molar-refractivity contribution in [3.63, 3.8) is 0 Å². The Kier molecular flexibility index (Phi) is 8.90. The molecule has 0 aliphatic carbocycles. The van der Waals surface area contributed by atoms with Crippen LogP contribution in [0.1, 0.15) is 34.6 Å². The van der Waals surface area contributed by atoms with Gasteiger partial charge >= 0.3 is 0 Å². The fourth-order valence-corrected chi connectivity index (χ4v) is 2.98. The summed E-state index contributed by atoms with van der Waals surface area (Å²) in [5.74, 6) is -0.326. The fraction of sp³-hybridized carbons (Fsp3) is 0.348. The molecule has 0 aliphatic heterocycles. The highest BCUT2D eigenvalue weighted by molar-refractivity contribution is 5.99. The van der Waals surface area contributed by atoms with E-state index in [2.05, 4.69) is 16.2 Å². The number of methoxy groups -OCH3 is 4. The molecule has 0 fully saturated rings. The third kappa shape index (κ3) is 6.28. The lowest BCUT2D eigenvalue weighted by atomic mass is 10.0. The molecule has 178 valence electrons. The second-order valence-corrected chi connectivity index (χ2v) is 7.28. The first-order valence-electron chi connectivity index (χ1n) is 10.1. The Balaban J connectivity index is 2.08. The van der Waals surface area contributed by atoms with Crippen LogP contribution in [0.4, 0.5) is 0 Å². The molecule has 2 rings (SSSR count). The lowest BCUT2D eigenvalue weighted by Crippen LogP contribution is -2.54. The third-order valence-corrected chi connectivity index (χ3v) is 4.81. The van der Waals surface area contributed by atoms with Gasteiger partial charge in [0.05, 0.1) is 28.4 Å². The van der Waals surface area contributed by atoms with Crippen molar-refractivity contribution < 1.29 is 33.3 Å². The van der Waals surface area contributed by atoms with Crippen LogP contribution in [0.25, 0.3) is 0 Å². The Morgan fingerprint density at radius 2 is 1.30 bits per heavy atom. The van der Waals surface area contributed by atoms with Crippen LogP contribution in [0, 0.1) is 5.92 Å². The van der Waals surface area contributed by atoms with Crippen LogP contribution in [-0.2, 0) is 4.79 Å². The standard InChI is InChI=1S/C23H29N3O7/c1-13(2)19(24-21(27)14-7-9-16(30-3)10-8-14)23(29)26-25-22(28)15-11-17(31-4)20(33-6)18(12-15)32-5/h7-13,19H,1-6H3,(H,24,27)(H,25,28)(H,26,29). The maximum Gasteiger partial charge on any atom is 0.269 e. The second kappa shape index (κ2) is 11.6. The molecule has 3 amide bonds. The molecular weight excluding hydrogens is 430 g/mol. The second-order valence-electron chi connectivity index (χ2n) is 7.28. The summed E-state index contributed by atoms with van der Waals surface area (Å²) in [6.07, 6.45) is 0. The summed E-state index contributed by atoms with van der Waals surface area (Å²) in [6.45, 7) is 3.55. The van der Waals surface area contributed by atoms with E-state index in [4.69, 9.17) is 18.9 Å². The molecule has 0 radical (unpaired) electrons. The first-order valence-corrected chi connectivity index (χ1v) is 10.1. The largest absolute Gasteiger partial charge is 0.497 e. The van der Waals surface area contributed by atoms with Gasteiger partial charge in [0.1, 0.15) is 11.8 Å². The molecule has 0 heterocycles. The van der Waals surface area contributed by atoms with Gasteiger partial charge in [0.25, 0.3) is 17.7 Å². The van der Waals surface area contributed by atoms with Crippen LogP contribution in [0.3, 0.4) is 0 Å². The van der Waals surface area contributed by atoms with Crippen LogP contribution in [0.2, 0.25) is 0 Å². The normalized spacial score (nSPS) is 11.2. The zero-order chi connectivity index (χ0) is 24.5. The summed E-state index contributed by atoms with van der Waals surface area (Å²) in [5.41, 5.74) is 5.24. The minimum atomic E-state index is -0.889. The Labute approximate surface area is 192 Å². The Hall–Kier alpha value is -3.95. The first kappa shape index (κ1) is 25.3. The number of carbonyl (C=O) groups excluding carboxylic acids is 3. The SMILES string of the molecule is COc1ccc(C(=O)NC(C(=O)NNC(=O)c2cc(OC)c(OC)c(OC)c2)C(C)C)cc1. The van der Waals surface area contributed by atoms with Crippen molar-refractivity contribution in [2.24, 2.45) is 5.92 Å². The number of rotatable bonds is 9. The number of hydrogen-bond donors (Lipinski definition) is 3. The van der Waals surface area contributed by atoms with E-state index in [0.717, 1.165) is 0 Å². The molecule has 10 heteroatoms. The van der Waals surface area contributed by atoms with Gasteiger partial charge in [0.15, 0.2) is 11.5 Å². The highest BCUT2D eigenvalue weighted by Gasteiger charge is 2.25. The van der Waals surface area contributed by atoms with Crippen molar-refractivity contribution in [1.29, 1.82) is 0 Å². The Morgan fingerprint density at radius 3 is 1.76 bits per heavy atom. The number of amides is 3. The van der Waals surface area contributed by atoms with Crippen LogP contribution in [-0.4, -0.2) is 52.2 Å². The van der Waals surface area contributed by atoms with Crippen molar-refractivity contribution in [3.05, 3.63) is 47.5 Å². The molecule has 0 saturated carbocycles. The van der Waals surface area contributed by atoms with Crippen LogP contribution >= 0.6 is 0 Å². The zero-order valence-electron chi connectivity index (χ0n) is 19.5. The molecule has 0 aliphatic rings. The van der Waals surface area contributed by atoms with Crippen LogP contribution < -0.4 is 35.1 Å². The summed E-state index contributed by atoms with van der Waals surface area (Å²) in [5, 5.41) is 2.69. The number of hydrazine groups is 1. The molecule has 33 heavy (non-hydrogen) atoms. The number of benzene rings is 2. The third-order valence-electron chi connectivity index (χ3n) is 4.81. The van der Waals surface area contributed by atoms with Gasteiger partial charge in [0.2, 0.25) is 5.75 Å². The summed E-state index contributed by atoms with van der Waals surface area (Å²) < 4.78 is 20.8. The number of ether oxygens (including phenoxy) is 4. The lowest BCUT2D eigenvalue weighted by molar-refractivity contribution is -0.124. The van der Waals surface area contributed by atoms with Gasteiger partial charge in [-0.1, -0.05) is 13.8 Å². The molecule has 2 aromatic carbocycles. The van der Waals surface area contributed by atoms with Gasteiger partial charge in [-0.15, -0.1) is 0 Å². The fourth-order valence-electron chi connectivity index (χ4n) is 2.98. The Morgan fingerprint density at radius 1 is 0.727 bits per heavy atom. The van der Waals surface area contributed by atoms with Gasteiger partial charge in [-0.05, 0) is 42.3 Å². The first-order chi connectivity index (χ1) is 15.7. The summed E-state index contributed by atoms with van der Waals surface area (Å²) >= 11 is 0. The molecule has 3 N–H and O–H groups in total. The minimum Gasteiger partial charge on any atom is -0.497 e. The van der Waals surface area contributed by atoms with Gasteiger partial charge in [-0.3, -0.25) is 25.2 Å². The van der Waals surface area contributed by atoms with E-state index in [9.17, 15) is 14.4 Å². The molecule has 1 atom stereocenters. The van der Waals surface area contributed by atoms with E-state index in [1.165, 1.54) is 40.6 Å². The van der Waals surface area contributed by atoms with Gasteiger partial charge < -0.3 is 24.3 Å². The van der Waals surface area contributed by atoms with Gasteiger partial charge in [0, 0.05) is 11.1 Å². The van der Waals surface area contributed by atoms with Crippen molar-refractivity contribution in [2.45, 2.75) is 19.9 Å². The maximum atomic E-state index is 12.7. The van der Waals surface area contributed by atoms with Crippen LogP contribution in [0.5, 0.6) is 23.0 Å². The van der Waals surface area contributed by atoms with E-state index in [0.29, 0.717) is 28.6 Å². The molecule has 0 aromatic heterocycles. The molecule has 2 aromatic rings. The predicted molar refractivity (Wildman–Crippen MR) is 121 cm³/mol. The summed E-state index contributed by atoms with van der Waals surface area (Å²) in [6, 6.07) is 8.50. The lowest BCUT2D eigenvalue weighted by Gasteiger charge is -2.22.